The smallest absolute Gasteiger partial charge is 0.0597 e. The summed E-state index contributed by atoms with van der Waals surface area (Å²) >= 11 is 3.46. The van der Waals surface area contributed by atoms with Gasteiger partial charge in [0.1, 0.15) is 0 Å². The molecule has 1 heterocycles. The summed E-state index contributed by atoms with van der Waals surface area (Å²) in [5.41, 5.74) is 3.61. The largest absolute Gasteiger partial charge is 0.305 e. The molecule has 3 nitrogen and oxygen atoms in total. The third-order valence-electron chi connectivity index (χ3n) is 3.24. The summed E-state index contributed by atoms with van der Waals surface area (Å²) in [7, 11) is 0. The second-order valence-electron chi connectivity index (χ2n) is 4.75. The summed E-state index contributed by atoms with van der Waals surface area (Å²) in [6.07, 6.45) is 0. The second kappa shape index (κ2) is 6.35. The average Bonchev–Trinajstić information content (AvgIpc) is 2.77. The van der Waals surface area contributed by atoms with Crippen molar-refractivity contribution >= 4 is 15.9 Å². The van der Waals surface area contributed by atoms with Gasteiger partial charge in [-0.25, -0.2) is 0 Å². The Morgan fingerprint density at radius 3 is 2.63 bits per heavy atom. The molecule has 1 N–H and O–H groups in total. The maximum atomic E-state index is 4.46. The van der Waals surface area contributed by atoms with Crippen LogP contribution in [0.1, 0.15) is 36.8 Å². The van der Waals surface area contributed by atoms with Crippen molar-refractivity contribution < 1.29 is 0 Å². The van der Waals surface area contributed by atoms with Crippen LogP contribution in [0.15, 0.2) is 34.8 Å². The molecule has 0 aliphatic rings. The SMILES string of the molecule is CCn1nc(C)cc1CN[C@H](C)c1ccc(Br)cc1. The van der Waals surface area contributed by atoms with E-state index in [1.54, 1.807) is 0 Å². The lowest BCUT2D eigenvalue weighted by Gasteiger charge is -2.14. The van der Waals surface area contributed by atoms with Crippen molar-refractivity contribution in [1.29, 1.82) is 0 Å². The normalized spacial score (nSPS) is 12.6. The van der Waals surface area contributed by atoms with Crippen LogP contribution < -0.4 is 5.32 Å². The Labute approximate surface area is 123 Å². The summed E-state index contributed by atoms with van der Waals surface area (Å²) < 4.78 is 3.17. The van der Waals surface area contributed by atoms with Crippen LogP contribution in [0.3, 0.4) is 0 Å². The molecule has 0 amide bonds. The third kappa shape index (κ3) is 3.67. The van der Waals surface area contributed by atoms with Crippen LogP contribution in [0.2, 0.25) is 0 Å². The van der Waals surface area contributed by atoms with Crippen LogP contribution in [0, 0.1) is 6.92 Å². The van der Waals surface area contributed by atoms with Crippen LogP contribution in [-0.2, 0) is 13.1 Å². The Bertz CT molecular complexity index is 531. The number of aromatic nitrogens is 2. The molecule has 1 atom stereocenters. The van der Waals surface area contributed by atoms with Gasteiger partial charge in [-0.3, -0.25) is 4.68 Å². The fourth-order valence-corrected chi connectivity index (χ4v) is 2.41. The van der Waals surface area contributed by atoms with Gasteiger partial charge in [0.05, 0.1) is 11.4 Å². The van der Waals surface area contributed by atoms with Gasteiger partial charge in [-0.2, -0.15) is 5.10 Å². The molecule has 0 radical (unpaired) electrons. The van der Waals surface area contributed by atoms with Gasteiger partial charge < -0.3 is 5.32 Å². The van der Waals surface area contributed by atoms with Gasteiger partial charge in [-0.05, 0) is 44.5 Å². The first-order valence-electron chi connectivity index (χ1n) is 6.62. The highest BCUT2D eigenvalue weighted by Gasteiger charge is 2.08. The van der Waals surface area contributed by atoms with E-state index in [1.165, 1.54) is 11.3 Å². The first-order chi connectivity index (χ1) is 9.10. The number of nitrogens with zero attached hydrogens (tertiary/aromatic N) is 2. The first-order valence-corrected chi connectivity index (χ1v) is 7.41. The number of rotatable bonds is 5. The molecular formula is C15H20BrN3. The van der Waals surface area contributed by atoms with Crippen molar-refractivity contribution in [3.63, 3.8) is 0 Å². The van der Waals surface area contributed by atoms with Crippen molar-refractivity contribution in [3.05, 3.63) is 51.8 Å². The van der Waals surface area contributed by atoms with Gasteiger partial charge in [0, 0.05) is 23.6 Å². The molecular weight excluding hydrogens is 302 g/mol. The highest BCUT2D eigenvalue weighted by Crippen LogP contribution is 2.17. The minimum absolute atomic E-state index is 0.327. The molecule has 0 saturated carbocycles. The number of benzene rings is 1. The van der Waals surface area contributed by atoms with Gasteiger partial charge in [0.2, 0.25) is 0 Å². The van der Waals surface area contributed by atoms with Crippen LogP contribution in [0.5, 0.6) is 0 Å². The molecule has 0 aliphatic carbocycles. The fourth-order valence-electron chi connectivity index (χ4n) is 2.14. The Kier molecular flexibility index (Phi) is 4.77. The lowest BCUT2D eigenvalue weighted by Crippen LogP contribution is -2.20. The monoisotopic (exact) mass is 321 g/mol. The number of halogens is 1. The quantitative estimate of drug-likeness (QED) is 0.907. The van der Waals surface area contributed by atoms with E-state index in [-0.39, 0.29) is 0 Å². The van der Waals surface area contributed by atoms with E-state index < -0.39 is 0 Å². The Balaban J connectivity index is 1.99. The molecule has 19 heavy (non-hydrogen) atoms. The summed E-state index contributed by atoms with van der Waals surface area (Å²) in [6, 6.07) is 10.9. The van der Waals surface area contributed by atoms with Crippen LogP contribution in [0.25, 0.3) is 0 Å². The second-order valence-corrected chi connectivity index (χ2v) is 5.66. The Morgan fingerprint density at radius 1 is 1.32 bits per heavy atom. The van der Waals surface area contributed by atoms with Crippen molar-refractivity contribution in [3.8, 4) is 0 Å². The van der Waals surface area contributed by atoms with Gasteiger partial charge >= 0.3 is 0 Å². The van der Waals surface area contributed by atoms with E-state index in [1.807, 2.05) is 6.92 Å². The maximum absolute atomic E-state index is 4.46. The van der Waals surface area contributed by atoms with Gasteiger partial charge in [-0.1, -0.05) is 28.1 Å². The molecule has 102 valence electrons. The van der Waals surface area contributed by atoms with Crippen molar-refractivity contribution in [2.75, 3.05) is 0 Å². The average molecular weight is 322 g/mol. The standard InChI is InChI=1S/C15H20BrN3/c1-4-19-15(9-11(2)18-19)10-17-12(3)13-5-7-14(16)8-6-13/h5-9,12,17H,4,10H2,1-3H3/t12-/m1/s1. The molecule has 1 aromatic heterocycles. The van der Waals surface area contributed by atoms with Crippen molar-refractivity contribution in [2.45, 2.75) is 39.9 Å². The summed E-state index contributed by atoms with van der Waals surface area (Å²) in [4.78, 5) is 0. The third-order valence-corrected chi connectivity index (χ3v) is 3.77. The maximum Gasteiger partial charge on any atom is 0.0597 e. The van der Waals surface area contributed by atoms with Crippen LogP contribution >= 0.6 is 15.9 Å². The minimum Gasteiger partial charge on any atom is -0.305 e. The molecule has 0 spiro atoms. The highest BCUT2D eigenvalue weighted by molar-refractivity contribution is 9.10. The number of aryl methyl sites for hydroxylation is 2. The first kappa shape index (κ1) is 14.3. The number of hydrogen-bond acceptors (Lipinski definition) is 2. The Morgan fingerprint density at radius 2 is 2.00 bits per heavy atom. The van der Waals surface area contributed by atoms with Crippen LogP contribution in [0.4, 0.5) is 0 Å². The molecule has 0 saturated heterocycles. The summed E-state index contributed by atoms with van der Waals surface area (Å²) in [5.74, 6) is 0. The van der Waals surface area contributed by atoms with E-state index in [0.29, 0.717) is 6.04 Å². The minimum atomic E-state index is 0.327. The topological polar surface area (TPSA) is 29.9 Å². The molecule has 0 unspecified atom stereocenters. The van der Waals surface area contributed by atoms with E-state index in [2.05, 4.69) is 75.2 Å². The molecule has 2 aromatic rings. The van der Waals surface area contributed by atoms with E-state index >= 15 is 0 Å². The molecule has 2 rings (SSSR count). The molecule has 0 aliphatic heterocycles. The number of hydrogen-bond donors (Lipinski definition) is 1. The van der Waals surface area contributed by atoms with Crippen molar-refractivity contribution in [1.82, 2.24) is 15.1 Å². The zero-order valence-corrected chi connectivity index (χ0v) is 13.2. The predicted octanol–water partition coefficient (Wildman–Crippen LogP) is 3.82. The van der Waals surface area contributed by atoms with E-state index in [4.69, 9.17) is 0 Å². The lowest BCUT2D eigenvalue weighted by atomic mass is 10.1. The zero-order chi connectivity index (χ0) is 13.8. The van der Waals surface area contributed by atoms with E-state index in [0.717, 1.165) is 23.3 Å². The molecule has 0 bridgehead atoms. The number of nitrogens with one attached hydrogen (secondary N) is 1. The summed E-state index contributed by atoms with van der Waals surface area (Å²) in [5, 5.41) is 8.01. The zero-order valence-electron chi connectivity index (χ0n) is 11.7. The molecule has 0 fully saturated rings. The Hall–Kier alpha value is -1.13. The van der Waals surface area contributed by atoms with E-state index in [9.17, 15) is 0 Å². The fraction of sp³-hybridized carbons (Fsp3) is 0.400. The van der Waals surface area contributed by atoms with Gasteiger partial charge in [0.25, 0.3) is 0 Å². The predicted molar refractivity (Wildman–Crippen MR) is 82.0 cm³/mol. The van der Waals surface area contributed by atoms with Crippen molar-refractivity contribution in [2.24, 2.45) is 0 Å². The summed E-state index contributed by atoms with van der Waals surface area (Å²) in [6.45, 7) is 8.09. The lowest BCUT2D eigenvalue weighted by molar-refractivity contribution is 0.531. The molecule has 1 aromatic carbocycles. The molecule has 4 heteroatoms. The van der Waals surface area contributed by atoms with Gasteiger partial charge in [-0.15, -0.1) is 0 Å². The highest BCUT2D eigenvalue weighted by atomic mass is 79.9. The van der Waals surface area contributed by atoms with Crippen LogP contribution in [-0.4, -0.2) is 9.78 Å². The van der Waals surface area contributed by atoms with Gasteiger partial charge in [0.15, 0.2) is 0 Å².